The molecule has 1 aromatic rings. The summed E-state index contributed by atoms with van der Waals surface area (Å²) < 4.78 is 0. The van der Waals surface area contributed by atoms with Gasteiger partial charge in [0.15, 0.2) is 5.96 Å². The Labute approximate surface area is 139 Å². The largest absolute Gasteiger partial charge is 0.355 e. The molecule has 1 amide bonds. The van der Waals surface area contributed by atoms with Crippen LogP contribution < -0.4 is 10.6 Å². The van der Waals surface area contributed by atoms with Gasteiger partial charge in [-0.15, -0.1) is 0 Å². The van der Waals surface area contributed by atoms with Crippen LogP contribution in [-0.2, 0) is 6.54 Å². The monoisotopic (exact) mass is 316 g/mol. The van der Waals surface area contributed by atoms with Gasteiger partial charge in [0.1, 0.15) is 0 Å². The van der Waals surface area contributed by atoms with E-state index < -0.39 is 0 Å². The zero-order chi connectivity index (χ0) is 17.3. The van der Waals surface area contributed by atoms with Gasteiger partial charge in [0.25, 0.3) is 5.91 Å². The Morgan fingerprint density at radius 3 is 2.52 bits per heavy atom. The number of amides is 1. The summed E-state index contributed by atoms with van der Waals surface area (Å²) in [7, 11) is 3.45. The minimum absolute atomic E-state index is 0.0677. The van der Waals surface area contributed by atoms with Crippen molar-refractivity contribution in [2.75, 3.05) is 20.6 Å². The molecule has 23 heavy (non-hydrogen) atoms. The molecule has 2 N–H and O–H groups in total. The van der Waals surface area contributed by atoms with Crippen molar-refractivity contribution in [1.29, 1.82) is 0 Å². The maximum atomic E-state index is 11.7. The van der Waals surface area contributed by atoms with Crippen LogP contribution in [-0.4, -0.2) is 42.9 Å². The average Bonchev–Trinajstić information content (AvgIpc) is 2.53. The maximum absolute atomic E-state index is 11.7. The first-order valence-corrected chi connectivity index (χ1v) is 8.02. The quantitative estimate of drug-likeness (QED) is 0.664. The number of benzene rings is 1. The summed E-state index contributed by atoms with van der Waals surface area (Å²) in [6.45, 7) is 10.7. The van der Waals surface area contributed by atoms with Crippen LogP contribution in [0.1, 0.15) is 43.6 Å². The van der Waals surface area contributed by atoms with Crippen LogP contribution in [0.5, 0.6) is 0 Å². The van der Waals surface area contributed by atoms with Gasteiger partial charge in [0, 0.05) is 43.7 Å². The van der Waals surface area contributed by atoms with E-state index in [2.05, 4.69) is 48.2 Å². The van der Waals surface area contributed by atoms with E-state index in [-0.39, 0.29) is 16.9 Å². The Hall–Kier alpha value is -2.04. The first-order chi connectivity index (χ1) is 10.7. The van der Waals surface area contributed by atoms with Crippen molar-refractivity contribution < 1.29 is 4.79 Å². The molecule has 0 aromatic heterocycles. The van der Waals surface area contributed by atoms with Gasteiger partial charge in [-0.2, -0.15) is 0 Å². The number of nitrogens with zero attached hydrogens (tertiary/aromatic N) is 2. The van der Waals surface area contributed by atoms with Crippen molar-refractivity contribution in [1.82, 2.24) is 15.5 Å². The molecule has 0 radical (unpaired) electrons. The molecule has 5 nitrogen and oxygen atoms in total. The molecular weight excluding hydrogens is 288 g/mol. The molecule has 0 atom stereocenters. The lowest BCUT2D eigenvalue weighted by Gasteiger charge is -2.62. The summed E-state index contributed by atoms with van der Waals surface area (Å²) in [4.78, 5) is 18.4. The molecular formula is C18H28N4O. The number of guanidine groups is 1. The van der Waals surface area contributed by atoms with Crippen LogP contribution in [0.3, 0.4) is 0 Å². The van der Waals surface area contributed by atoms with Crippen molar-refractivity contribution in [2.45, 2.75) is 39.8 Å². The predicted octanol–water partition coefficient (Wildman–Crippen LogP) is 2.24. The molecule has 1 aliphatic heterocycles. The molecule has 1 heterocycles. The second-order valence-electron chi connectivity index (χ2n) is 7.21. The summed E-state index contributed by atoms with van der Waals surface area (Å²) in [6, 6.07) is 7.64. The van der Waals surface area contributed by atoms with E-state index in [4.69, 9.17) is 0 Å². The van der Waals surface area contributed by atoms with E-state index in [1.54, 1.807) is 7.05 Å². The molecule has 0 aliphatic carbocycles. The second kappa shape index (κ2) is 6.22. The van der Waals surface area contributed by atoms with E-state index in [1.165, 1.54) is 0 Å². The van der Waals surface area contributed by atoms with Crippen LogP contribution in [0.25, 0.3) is 0 Å². The molecule has 5 heteroatoms. The molecule has 1 aliphatic rings. The van der Waals surface area contributed by atoms with Gasteiger partial charge < -0.3 is 15.5 Å². The number of aliphatic imine (C=N–C) groups is 1. The number of carbonyl (C=O) groups excluding carboxylic acids is 1. The van der Waals surface area contributed by atoms with Gasteiger partial charge >= 0.3 is 0 Å². The van der Waals surface area contributed by atoms with Crippen molar-refractivity contribution in [3.8, 4) is 0 Å². The number of hydrogen-bond donors (Lipinski definition) is 2. The number of nitrogens with one attached hydrogen (secondary N) is 2. The topological polar surface area (TPSA) is 56.7 Å². The van der Waals surface area contributed by atoms with E-state index >= 15 is 0 Å². The molecule has 0 unspecified atom stereocenters. The number of rotatable bonds is 3. The Bertz CT molecular complexity index is 619. The third kappa shape index (κ3) is 3.19. The Morgan fingerprint density at radius 1 is 1.30 bits per heavy atom. The van der Waals surface area contributed by atoms with Gasteiger partial charge in [-0.3, -0.25) is 9.79 Å². The lowest BCUT2D eigenvalue weighted by atomic mass is 9.65. The summed E-state index contributed by atoms with van der Waals surface area (Å²) in [5.74, 6) is 0.835. The molecule has 1 saturated heterocycles. The van der Waals surface area contributed by atoms with E-state index in [0.29, 0.717) is 12.1 Å². The molecule has 1 aromatic carbocycles. The van der Waals surface area contributed by atoms with Gasteiger partial charge in [-0.1, -0.05) is 26.0 Å². The van der Waals surface area contributed by atoms with Gasteiger partial charge in [-0.05, 0) is 31.5 Å². The Balaban J connectivity index is 2.04. The summed E-state index contributed by atoms with van der Waals surface area (Å²) in [6.07, 6.45) is 0. The minimum atomic E-state index is -0.0677. The van der Waals surface area contributed by atoms with E-state index in [9.17, 15) is 4.79 Å². The summed E-state index contributed by atoms with van der Waals surface area (Å²) in [5, 5.41) is 6.06. The molecule has 2 rings (SSSR count). The zero-order valence-corrected chi connectivity index (χ0v) is 15.0. The smallest absolute Gasteiger partial charge is 0.251 e. The van der Waals surface area contributed by atoms with Crippen molar-refractivity contribution in [2.24, 2.45) is 10.4 Å². The Morgan fingerprint density at radius 2 is 2.00 bits per heavy atom. The SMILES string of the molecule is CN=C(NCc1cccc(C(=O)NC)c1)N1CC(C)(C)C1(C)C. The minimum Gasteiger partial charge on any atom is -0.355 e. The lowest BCUT2D eigenvalue weighted by Crippen LogP contribution is -2.72. The second-order valence-corrected chi connectivity index (χ2v) is 7.21. The van der Waals surface area contributed by atoms with Gasteiger partial charge in [0.05, 0.1) is 0 Å². The first kappa shape index (κ1) is 17.3. The van der Waals surface area contributed by atoms with Crippen LogP contribution in [0.2, 0.25) is 0 Å². The van der Waals surface area contributed by atoms with E-state index in [0.717, 1.165) is 18.1 Å². The van der Waals surface area contributed by atoms with Crippen molar-refractivity contribution >= 4 is 11.9 Å². The van der Waals surface area contributed by atoms with Crippen LogP contribution in [0.15, 0.2) is 29.3 Å². The highest BCUT2D eigenvalue weighted by Crippen LogP contribution is 2.46. The third-order valence-corrected chi connectivity index (χ3v) is 5.22. The zero-order valence-electron chi connectivity index (χ0n) is 15.0. The predicted molar refractivity (Wildman–Crippen MR) is 94.6 cm³/mol. The maximum Gasteiger partial charge on any atom is 0.251 e. The van der Waals surface area contributed by atoms with Crippen LogP contribution in [0, 0.1) is 5.41 Å². The lowest BCUT2D eigenvalue weighted by molar-refractivity contribution is -0.0667. The number of carbonyl (C=O) groups is 1. The van der Waals surface area contributed by atoms with Gasteiger partial charge in [0.2, 0.25) is 0 Å². The van der Waals surface area contributed by atoms with E-state index in [1.807, 2.05) is 31.3 Å². The van der Waals surface area contributed by atoms with Crippen LogP contribution >= 0.6 is 0 Å². The highest BCUT2D eigenvalue weighted by molar-refractivity contribution is 5.94. The Kier molecular flexibility index (Phi) is 4.68. The molecule has 0 saturated carbocycles. The fraction of sp³-hybridized carbons (Fsp3) is 0.556. The van der Waals surface area contributed by atoms with Crippen molar-refractivity contribution in [3.63, 3.8) is 0 Å². The fourth-order valence-corrected chi connectivity index (χ4v) is 2.84. The standard InChI is InChI=1S/C18H28N4O/c1-17(2)12-22(18(17,3)4)16(20-6)21-11-13-8-7-9-14(10-13)15(23)19-5/h7-10H,11-12H2,1-6H3,(H,19,23)(H,20,21). The summed E-state index contributed by atoms with van der Waals surface area (Å²) >= 11 is 0. The highest BCUT2D eigenvalue weighted by Gasteiger charge is 2.53. The molecule has 0 spiro atoms. The molecule has 0 bridgehead atoms. The highest BCUT2D eigenvalue weighted by atomic mass is 16.1. The number of hydrogen-bond acceptors (Lipinski definition) is 2. The average molecular weight is 316 g/mol. The summed E-state index contributed by atoms with van der Waals surface area (Å²) in [5.41, 5.74) is 2.07. The van der Waals surface area contributed by atoms with Crippen molar-refractivity contribution in [3.05, 3.63) is 35.4 Å². The fourth-order valence-electron chi connectivity index (χ4n) is 2.84. The number of likely N-dealkylation sites (tertiary alicyclic amines) is 1. The first-order valence-electron chi connectivity index (χ1n) is 8.02. The normalized spacial score (nSPS) is 19.0. The van der Waals surface area contributed by atoms with Crippen LogP contribution in [0.4, 0.5) is 0 Å². The van der Waals surface area contributed by atoms with Gasteiger partial charge in [-0.25, -0.2) is 0 Å². The molecule has 1 fully saturated rings. The molecule has 126 valence electrons. The third-order valence-electron chi connectivity index (χ3n) is 5.22.